The van der Waals surface area contributed by atoms with Gasteiger partial charge < -0.3 is 20.3 Å². The maximum atomic E-state index is 12.3. The fraction of sp³-hybridized carbons (Fsp3) is 0.250. The van der Waals surface area contributed by atoms with Gasteiger partial charge in [0.1, 0.15) is 6.54 Å². The van der Waals surface area contributed by atoms with E-state index < -0.39 is 11.9 Å². The summed E-state index contributed by atoms with van der Waals surface area (Å²) in [5.41, 5.74) is 1.98. The van der Waals surface area contributed by atoms with Gasteiger partial charge in [0.15, 0.2) is 0 Å². The van der Waals surface area contributed by atoms with Crippen LogP contribution in [-0.4, -0.2) is 49.8 Å². The van der Waals surface area contributed by atoms with Crippen molar-refractivity contribution in [3.05, 3.63) is 59.7 Å². The standard InChI is InChI=1S/C20H23N3O4S/c1-23(13-14-4-10-17(28-3)11-5-14)20(26)22-16-8-6-15(7-9-16)19(25)21-12-18(24)27-2/h4-11H,12-13H2,1-3H3,(H,21,25)(H,22,26). The third-order valence-electron chi connectivity index (χ3n) is 3.94. The lowest BCUT2D eigenvalue weighted by Gasteiger charge is -2.18. The predicted octanol–water partition coefficient (Wildman–Crippen LogP) is 2.98. The van der Waals surface area contributed by atoms with E-state index in [1.54, 1.807) is 48.0 Å². The molecule has 0 saturated carbocycles. The number of ether oxygens (including phenoxy) is 1. The average Bonchev–Trinajstić information content (AvgIpc) is 2.72. The highest BCUT2D eigenvalue weighted by Gasteiger charge is 2.11. The van der Waals surface area contributed by atoms with Gasteiger partial charge in [-0.1, -0.05) is 12.1 Å². The molecule has 0 saturated heterocycles. The first kappa shape index (κ1) is 21.3. The molecule has 3 amide bonds. The molecule has 2 N–H and O–H groups in total. The van der Waals surface area contributed by atoms with Gasteiger partial charge in [-0.3, -0.25) is 9.59 Å². The molecule has 0 unspecified atom stereocenters. The van der Waals surface area contributed by atoms with E-state index in [2.05, 4.69) is 15.4 Å². The van der Waals surface area contributed by atoms with Crippen molar-refractivity contribution in [2.45, 2.75) is 11.4 Å². The summed E-state index contributed by atoms with van der Waals surface area (Å²) >= 11 is 1.67. The Hall–Kier alpha value is -3.00. The number of hydrogen-bond acceptors (Lipinski definition) is 5. The summed E-state index contributed by atoms with van der Waals surface area (Å²) < 4.78 is 4.47. The second kappa shape index (κ2) is 10.4. The minimum Gasteiger partial charge on any atom is -0.468 e. The quantitative estimate of drug-likeness (QED) is 0.550. The molecule has 148 valence electrons. The van der Waals surface area contributed by atoms with E-state index in [0.29, 0.717) is 17.8 Å². The van der Waals surface area contributed by atoms with Crippen molar-refractivity contribution in [2.75, 3.05) is 32.3 Å². The van der Waals surface area contributed by atoms with Gasteiger partial charge in [-0.25, -0.2) is 4.79 Å². The first-order valence-electron chi connectivity index (χ1n) is 8.53. The Balaban J connectivity index is 1.88. The fourth-order valence-corrected chi connectivity index (χ4v) is 2.74. The minimum absolute atomic E-state index is 0.198. The van der Waals surface area contributed by atoms with Crippen LogP contribution in [0.1, 0.15) is 15.9 Å². The van der Waals surface area contributed by atoms with Crippen molar-refractivity contribution < 1.29 is 19.1 Å². The number of thioether (sulfide) groups is 1. The number of anilines is 1. The first-order valence-corrected chi connectivity index (χ1v) is 9.75. The second-order valence-electron chi connectivity index (χ2n) is 5.97. The molecule has 0 atom stereocenters. The fourth-order valence-electron chi connectivity index (χ4n) is 2.33. The Morgan fingerprint density at radius 3 is 2.25 bits per heavy atom. The molecular formula is C20H23N3O4S. The SMILES string of the molecule is COC(=O)CNC(=O)c1ccc(NC(=O)N(C)Cc2ccc(SC)cc2)cc1. The van der Waals surface area contributed by atoms with Gasteiger partial charge in [0.25, 0.3) is 5.91 Å². The lowest BCUT2D eigenvalue weighted by Crippen LogP contribution is -2.31. The van der Waals surface area contributed by atoms with Crippen LogP contribution >= 0.6 is 11.8 Å². The Labute approximate surface area is 168 Å². The third kappa shape index (κ3) is 6.31. The molecule has 28 heavy (non-hydrogen) atoms. The van der Waals surface area contributed by atoms with Crippen LogP contribution < -0.4 is 10.6 Å². The van der Waals surface area contributed by atoms with Crippen LogP contribution in [0, 0.1) is 0 Å². The zero-order chi connectivity index (χ0) is 20.5. The summed E-state index contributed by atoms with van der Waals surface area (Å²) in [5.74, 6) is -0.919. The number of hydrogen-bond donors (Lipinski definition) is 2. The molecule has 0 aromatic heterocycles. The Kier molecular flexibility index (Phi) is 7.88. The van der Waals surface area contributed by atoms with Gasteiger partial charge in [0.2, 0.25) is 0 Å². The van der Waals surface area contributed by atoms with E-state index in [4.69, 9.17) is 0 Å². The normalized spacial score (nSPS) is 10.1. The summed E-state index contributed by atoms with van der Waals surface area (Å²) in [5, 5.41) is 5.24. The van der Waals surface area contributed by atoms with Gasteiger partial charge >= 0.3 is 12.0 Å². The molecule has 2 rings (SSSR count). The molecule has 0 spiro atoms. The number of nitrogens with one attached hydrogen (secondary N) is 2. The van der Waals surface area contributed by atoms with Crippen LogP contribution in [0.2, 0.25) is 0 Å². The number of carbonyl (C=O) groups is 3. The van der Waals surface area contributed by atoms with Crippen molar-refractivity contribution >= 4 is 35.4 Å². The van der Waals surface area contributed by atoms with Gasteiger partial charge in [0.05, 0.1) is 7.11 Å². The topological polar surface area (TPSA) is 87.7 Å². The monoisotopic (exact) mass is 401 g/mol. The molecule has 0 heterocycles. The molecule has 0 radical (unpaired) electrons. The van der Waals surface area contributed by atoms with Gasteiger partial charge in [-0.05, 0) is 48.2 Å². The Morgan fingerprint density at radius 1 is 1.04 bits per heavy atom. The van der Waals surface area contributed by atoms with E-state index in [-0.39, 0.29) is 12.6 Å². The lowest BCUT2D eigenvalue weighted by atomic mass is 10.2. The molecule has 0 aliphatic heterocycles. The van der Waals surface area contributed by atoms with E-state index >= 15 is 0 Å². The van der Waals surface area contributed by atoms with Gasteiger partial charge in [-0.15, -0.1) is 11.8 Å². The van der Waals surface area contributed by atoms with Crippen molar-refractivity contribution in [2.24, 2.45) is 0 Å². The summed E-state index contributed by atoms with van der Waals surface area (Å²) in [4.78, 5) is 38.1. The van der Waals surface area contributed by atoms with Crippen molar-refractivity contribution in [3.63, 3.8) is 0 Å². The second-order valence-corrected chi connectivity index (χ2v) is 6.85. The van der Waals surface area contributed by atoms with Crippen molar-refractivity contribution in [3.8, 4) is 0 Å². The van der Waals surface area contributed by atoms with Crippen LogP contribution in [0.15, 0.2) is 53.4 Å². The predicted molar refractivity (Wildman–Crippen MR) is 109 cm³/mol. The number of nitrogens with zero attached hydrogens (tertiary/aromatic N) is 1. The first-order chi connectivity index (χ1) is 13.4. The van der Waals surface area contributed by atoms with E-state index in [1.807, 2.05) is 30.5 Å². The number of esters is 1. The average molecular weight is 401 g/mol. The van der Waals surface area contributed by atoms with Crippen LogP contribution in [0.5, 0.6) is 0 Å². The number of benzene rings is 2. The highest BCUT2D eigenvalue weighted by atomic mass is 32.2. The number of rotatable bonds is 7. The maximum absolute atomic E-state index is 12.3. The van der Waals surface area contributed by atoms with Crippen LogP contribution in [0.25, 0.3) is 0 Å². The van der Waals surface area contributed by atoms with Gasteiger partial charge in [0, 0.05) is 29.7 Å². The van der Waals surface area contributed by atoms with Gasteiger partial charge in [-0.2, -0.15) is 0 Å². The van der Waals surface area contributed by atoms with Crippen molar-refractivity contribution in [1.82, 2.24) is 10.2 Å². The number of urea groups is 1. The molecule has 0 aliphatic carbocycles. The molecule has 0 fully saturated rings. The zero-order valence-corrected chi connectivity index (χ0v) is 16.8. The maximum Gasteiger partial charge on any atom is 0.325 e. The number of methoxy groups -OCH3 is 1. The largest absolute Gasteiger partial charge is 0.468 e. The van der Waals surface area contributed by atoms with Crippen molar-refractivity contribution in [1.29, 1.82) is 0 Å². The highest BCUT2D eigenvalue weighted by Crippen LogP contribution is 2.16. The molecule has 0 bridgehead atoms. The molecule has 2 aromatic rings. The minimum atomic E-state index is -0.525. The molecule has 0 aliphatic rings. The molecule has 2 aromatic carbocycles. The zero-order valence-electron chi connectivity index (χ0n) is 16.0. The van der Waals surface area contributed by atoms with Crippen LogP contribution in [-0.2, 0) is 16.1 Å². The number of amides is 3. The Morgan fingerprint density at radius 2 is 1.68 bits per heavy atom. The summed E-state index contributed by atoms with van der Waals surface area (Å²) in [6.45, 7) is 0.283. The molecule has 7 nitrogen and oxygen atoms in total. The van der Waals surface area contributed by atoms with E-state index in [1.165, 1.54) is 12.0 Å². The Bertz CT molecular complexity index is 822. The molecular weight excluding hydrogens is 378 g/mol. The third-order valence-corrected chi connectivity index (χ3v) is 4.69. The smallest absolute Gasteiger partial charge is 0.325 e. The number of carbonyl (C=O) groups excluding carboxylic acids is 3. The summed E-state index contributed by atoms with van der Waals surface area (Å²) in [6, 6.07) is 14.2. The van der Waals surface area contributed by atoms with E-state index in [9.17, 15) is 14.4 Å². The van der Waals surface area contributed by atoms with Crippen LogP contribution in [0.3, 0.4) is 0 Å². The lowest BCUT2D eigenvalue weighted by molar-refractivity contribution is -0.139. The van der Waals surface area contributed by atoms with E-state index in [0.717, 1.165) is 5.56 Å². The molecule has 8 heteroatoms. The summed E-state index contributed by atoms with van der Waals surface area (Å²) in [7, 11) is 2.97. The highest BCUT2D eigenvalue weighted by molar-refractivity contribution is 7.98. The summed E-state index contributed by atoms with van der Waals surface area (Å²) in [6.07, 6.45) is 2.02. The van der Waals surface area contributed by atoms with Crippen LogP contribution in [0.4, 0.5) is 10.5 Å².